The second-order valence-electron chi connectivity index (χ2n) is 6.41. The fourth-order valence-electron chi connectivity index (χ4n) is 3.08. The number of carbonyl (C=O) groups excluding carboxylic acids is 2. The van der Waals surface area contributed by atoms with E-state index in [0.29, 0.717) is 15.6 Å². The minimum Gasteiger partial charge on any atom is -0.422 e. The number of ether oxygens (including phenoxy) is 1. The van der Waals surface area contributed by atoms with E-state index in [2.05, 4.69) is 0 Å². The highest BCUT2D eigenvalue weighted by molar-refractivity contribution is 6.31. The maximum absolute atomic E-state index is 12.7. The molecule has 1 aliphatic heterocycles. The molecule has 0 aromatic heterocycles. The van der Waals surface area contributed by atoms with Gasteiger partial charge >= 0.3 is 5.97 Å². The van der Waals surface area contributed by atoms with Gasteiger partial charge in [0.25, 0.3) is 0 Å². The van der Waals surface area contributed by atoms with Crippen molar-refractivity contribution in [2.75, 3.05) is 0 Å². The number of halogens is 2. The summed E-state index contributed by atoms with van der Waals surface area (Å²) in [6, 6.07) is 21.8. The Morgan fingerprint density at radius 2 is 1.21 bits per heavy atom. The molecule has 0 bridgehead atoms. The van der Waals surface area contributed by atoms with Gasteiger partial charge in [-0.25, -0.2) is 0 Å². The predicted octanol–water partition coefficient (Wildman–Crippen LogP) is 5.91. The van der Waals surface area contributed by atoms with Crippen molar-refractivity contribution in [2.45, 2.75) is 5.92 Å². The Morgan fingerprint density at radius 3 is 1.79 bits per heavy atom. The molecule has 5 heteroatoms. The normalized spacial score (nSPS) is 17.8. The Labute approximate surface area is 172 Å². The Hall–Kier alpha value is -2.88. The topological polar surface area (TPSA) is 43.4 Å². The fourth-order valence-corrected chi connectivity index (χ4v) is 3.33. The van der Waals surface area contributed by atoms with Gasteiger partial charge in [-0.1, -0.05) is 71.7 Å². The number of ketones is 1. The molecule has 1 unspecified atom stereocenters. The number of carbonyl (C=O) groups is 2. The number of rotatable bonds is 3. The Balaban J connectivity index is 1.57. The molecule has 3 aromatic carbocycles. The summed E-state index contributed by atoms with van der Waals surface area (Å²) >= 11 is 11.8. The number of cyclic esters (lactones) is 1. The lowest BCUT2D eigenvalue weighted by Crippen LogP contribution is -2.12. The van der Waals surface area contributed by atoms with Gasteiger partial charge < -0.3 is 4.74 Å². The summed E-state index contributed by atoms with van der Waals surface area (Å²) in [4.78, 5) is 24.9. The van der Waals surface area contributed by atoms with Crippen molar-refractivity contribution in [2.24, 2.45) is 0 Å². The first-order chi connectivity index (χ1) is 13.5. The van der Waals surface area contributed by atoms with Gasteiger partial charge in [0.2, 0.25) is 5.78 Å². The zero-order valence-electron chi connectivity index (χ0n) is 14.6. The largest absolute Gasteiger partial charge is 0.422 e. The third kappa shape index (κ3) is 3.72. The number of benzene rings is 3. The fraction of sp³-hybridized carbons (Fsp3) is 0.0435. The van der Waals surface area contributed by atoms with Gasteiger partial charge in [-0.05, 0) is 52.6 Å². The third-order valence-electron chi connectivity index (χ3n) is 4.54. The van der Waals surface area contributed by atoms with Crippen molar-refractivity contribution in [3.8, 4) is 11.1 Å². The lowest BCUT2D eigenvalue weighted by Gasteiger charge is -2.03. The first kappa shape index (κ1) is 18.5. The van der Waals surface area contributed by atoms with Crippen molar-refractivity contribution in [1.29, 1.82) is 0 Å². The van der Waals surface area contributed by atoms with E-state index in [0.717, 1.165) is 16.7 Å². The monoisotopic (exact) mass is 408 g/mol. The molecule has 0 N–H and O–H groups in total. The molecule has 28 heavy (non-hydrogen) atoms. The molecule has 0 saturated carbocycles. The summed E-state index contributed by atoms with van der Waals surface area (Å²) < 4.78 is 5.23. The van der Waals surface area contributed by atoms with Crippen molar-refractivity contribution in [3.05, 3.63) is 99.7 Å². The summed E-state index contributed by atoms with van der Waals surface area (Å²) in [5.74, 6) is -1.83. The van der Waals surface area contributed by atoms with Crippen LogP contribution in [0.3, 0.4) is 0 Å². The minimum absolute atomic E-state index is 0.0455. The van der Waals surface area contributed by atoms with Gasteiger partial charge in [-0.3, -0.25) is 9.59 Å². The van der Waals surface area contributed by atoms with Crippen LogP contribution in [0, 0.1) is 0 Å². The lowest BCUT2D eigenvalue weighted by atomic mass is 9.95. The first-order valence-corrected chi connectivity index (χ1v) is 9.36. The molecule has 0 amide bonds. The number of Topliss-reactive ketones (excluding diaryl/α,β-unsaturated/α-hetero) is 1. The number of hydrogen-bond acceptors (Lipinski definition) is 3. The highest BCUT2D eigenvalue weighted by Crippen LogP contribution is 2.32. The van der Waals surface area contributed by atoms with Crippen molar-refractivity contribution in [3.63, 3.8) is 0 Å². The average molecular weight is 409 g/mol. The van der Waals surface area contributed by atoms with Gasteiger partial charge in [0, 0.05) is 10.0 Å². The van der Waals surface area contributed by atoms with E-state index < -0.39 is 11.9 Å². The molecule has 0 radical (unpaired) electrons. The van der Waals surface area contributed by atoms with Crippen molar-refractivity contribution < 1.29 is 14.3 Å². The molecule has 1 fully saturated rings. The average Bonchev–Trinajstić information content (AvgIpc) is 2.97. The van der Waals surface area contributed by atoms with Crippen molar-refractivity contribution >= 4 is 41.0 Å². The number of hydrogen-bond donors (Lipinski definition) is 0. The van der Waals surface area contributed by atoms with Crippen LogP contribution in [0.1, 0.15) is 17.0 Å². The van der Waals surface area contributed by atoms with Crippen LogP contribution in [0.25, 0.3) is 17.2 Å². The molecule has 1 heterocycles. The number of allylic oxidation sites excluding steroid dienone is 1. The second kappa shape index (κ2) is 7.63. The first-order valence-electron chi connectivity index (χ1n) is 8.60. The van der Waals surface area contributed by atoms with E-state index in [1.807, 2.05) is 48.5 Å². The maximum atomic E-state index is 12.7. The zero-order valence-corrected chi connectivity index (χ0v) is 16.1. The minimum atomic E-state index is -0.947. The summed E-state index contributed by atoms with van der Waals surface area (Å²) in [6.07, 6.45) is 1.59. The van der Waals surface area contributed by atoms with Gasteiger partial charge in [0.1, 0.15) is 5.92 Å². The highest BCUT2D eigenvalue weighted by Gasteiger charge is 2.40. The standard InChI is InChI=1S/C23H14Cl2O3/c24-18-9-5-16(6-10-18)15-3-1-14(2-4-15)13-20-22(26)21(23(27)28-20)17-7-11-19(25)12-8-17/h1-13,21H/b20-13-. The van der Waals surface area contributed by atoms with E-state index >= 15 is 0 Å². The van der Waals surface area contributed by atoms with Gasteiger partial charge in [-0.2, -0.15) is 0 Å². The van der Waals surface area contributed by atoms with Crippen LogP contribution in [0.2, 0.25) is 10.0 Å². The quantitative estimate of drug-likeness (QED) is 0.307. The van der Waals surface area contributed by atoms with Crippen LogP contribution in [0.15, 0.2) is 78.6 Å². The van der Waals surface area contributed by atoms with E-state index in [1.165, 1.54) is 0 Å². The second-order valence-corrected chi connectivity index (χ2v) is 7.28. The van der Waals surface area contributed by atoms with E-state index in [9.17, 15) is 9.59 Å². The van der Waals surface area contributed by atoms with Crippen LogP contribution in [-0.2, 0) is 14.3 Å². The number of esters is 1. The molecular formula is C23H14Cl2O3. The molecule has 0 spiro atoms. The molecule has 1 atom stereocenters. The molecule has 3 aromatic rings. The Morgan fingerprint density at radius 1 is 0.714 bits per heavy atom. The van der Waals surface area contributed by atoms with E-state index in [4.69, 9.17) is 27.9 Å². The van der Waals surface area contributed by atoms with E-state index in [-0.39, 0.29) is 11.5 Å². The van der Waals surface area contributed by atoms with Crippen LogP contribution >= 0.6 is 23.2 Å². The molecule has 138 valence electrons. The lowest BCUT2D eigenvalue weighted by molar-refractivity contribution is -0.136. The SMILES string of the molecule is O=C1O/C(=C\c2ccc(-c3ccc(Cl)cc3)cc2)C(=O)C1c1ccc(Cl)cc1. The summed E-state index contributed by atoms with van der Waals surface area (Å²) in [5, 5.41) is 1.22. The molecule has 1 saturated heterocycles. The highest BCUT2D eigenvalue weighted by atomic mass is 35.5. The smallest absolute Gasteiger partial charge is 0.327 e. The molecule has 3 nitrogen and oxygen atoms in total. The van der Waals surface area contributed by atoms with Gasteiger partial charge in [0.05, 0.1) is 0 Å². The van der Waals surface area contributed by atoms with Crippen LogP contribution in [-0.4, -0.2) is 11.8 Å². The van der Waals surface area contributed by atoms with Gasteiger partial charge in [-0.15, -0.1) is 0 Å². The molecule has 0 aliphatic carbocycles. The predicted molar refractivity (Wildman–Crippen MR) is 110 cm³/mol. The summed E-state index contributed by atoms with van der Waals surface area (Å²) in [6.45, 7) is 0. The Kier molecular flexibility index (Phi) is 5.03. The van der Waals surface area contributed by atoms with Gasteiger partial charge in [0.15, 0.2) is 5.76 Å². The van der Waals surface area contributed by atoms with Crippen molar-refractivity contribution in [1.82, 2.24) is 0 Å². The van der Waals surface area contributed by atoms with Crippen LogP contribution in [0.4, 0.5) is 0 Å². The maximum Gasteiger partial charge on any atom is 0.327 e. The molecule has 1 aliphatic rings. The molecular weight excluding hydrogens is 395 g/mol. The third-order valence-corrected chi connectivity index (χ3v) is 5.04. The zero-order chi connectivity index (χ0) is 19.7. The summed E-state index contributed by atoms with van der Waals surface area (Å²) in [5.41, 5.74) is 3.40. The Bertz CT molecular complexity index is 1070. The van der Waals surface area contributed by atoms with E-state index in [1.54, 1.807) is 30.3 Å². The van der Waals surface area contributed by atoms with Crippen LogP contribution < -0.4 is 0 Å². The van der Waals surface area contributed by atoms with Crippen LogP contribution in [0.5, 0.6) is 0 Å². The molecule has 4 rings (SSSR count). The summed E-state index contributed by atoms with van der Waals surface area (Å²) in [7, 11) is 0.